The minimum atomic E-state index is -2.55. The van der Waals surface area contributed by atoms with E-state index in [-0.39, 0.29) is 29.6 Å². The van der Waals surface area contributed by atoms with Gasteiger partial charge in [-0.05, 0) is 0 Å². The van der Waals surface area contributed by atoms with E-state index in [1.165, 1.54) is 5.59 Å². The zero-order valence-electron chi connectivity index (χ0n) is 3.71. The van der Waals surface area contributed by atoms with Gasteiger partial charge in [-0.25, -0.2) is 10.1 Å². The molecule has 0 aromatic carbocycles. The van der Waals surface area contributed by atoms with E-state index in [4.69, 9.17) is 0 Å². The molecule has 7 heavy (non-hydrogen) atoms. The number of hydrogen-bond donors (Lipinski definition) is 2. The fraction of sp³-hybridized carbons (Fsp3) is 0. The molecule has 0 fully saturated rings. The van der Waals surface area contributed by atoms with E-state index in [1.807, 2.05) is 0 Å². The first-order valence-electron chi connectivity index (χ1n) is 0.993. The van der Waals surface area contributed by atoms with Crippen molar-refractivity contribution in [2.45, 2.75) is 0 Å². The number of nitrogens with one attached hydrogen (secondary N) is 1. The van der Waals surface area contributed by atoms with Gasteiger partial charge in [0, 0.05) is 0 Å². The van der Waals surface area contributed by atoms with E-state index in [9.17, 15) is 8.76 Å². The van der Waals surface area contributed by atoms with Crippen molar-refractivity contribution in [2.75, 3.05) is 0 Å². The fourth-order valence-corrected chi connectivity index (χ4v) is 0.118. The van der Waals surface area contributed by atoms with Gasteiger partial charge in [-0.15, -0.1) is 5.59 Å². The topological polar surface area (TPSA) is 87.4 Å². The van der Waals surface area contributed by atoms with Crippen LogP contribution in [-0.4, -0.2) is 8.76 Å². The normalized spacial score (nSPS) is 12.3. The van der Waals surface area contributed by atoms with Gasteiger partial charge in [0.15, 0.2) is 0 Å². The van der Waals surface area contributed by atoms with Crippen molar-refractivity contribution in [3.63, 3.8) is 0 Å². The molecule has 3 N–H and O–H groups in total. The van der Waals surface area contributed by atoms with Gasteiger partial charge in [-0.1, -0.05) is 0 Å². The van der Waals surface area contributed by atoms with Crippen LogP contribution in [0.1, 0.15) is 0 Å². The van der Waals surface area contributed by atoms with Gasteiger partial charge < -0.3 is 4.55 Å². The van der Waals surface area contributed by atoms with Crippen LogP contribution in [-0.2, 0) is 15.6 Å². The molecule has 1 atom stereocenters. The van der Waals surface area contributed by atoms with E-state index in [2.05, 4.69) is 10.1 Å². The first kappa shape index (κ1) is 10.9. The third-order valence-electron chi connectivity index (χ3n) is 0.116. The predicted octanol–water partition coefficient (Wildman–Crippen LogP) is -4.82. The van der Waals surface area contributed by atoms with Crippen molar-refractivity contribution in [1.82, 2.24) is 5.59 Å². The van der Waals surface area contributed by atoms with Gasteiger partial charge >= 0.3 is 29.6 Å². The maximum Gasteiger partial charge on any atom is 1.00 e. The maximum atomic E-state index is 9.23. The van der Waals surface area contributed by atoms with E-state index in [0.29, 0.717) is 0 Å². The molecule has 1 unspecified atom stereocenters. The number of hydrazine groups is 1. The predicted molar refractivity (Wildman–Crippen MR) is 17.3 cm³/mol. The molecule has 0 saturated heterocycles. The molecule has 0 heterocycles. The molecular weight excluding hydrogens is 131 g/mol. The van der Waals surface area contributed by atoms with Crippen molar-refractivity contribution in [1.29, 1.82) is 0 Å². The fourth-order valence-electron chi connectivity index (χ4n) is 0.0393. The third kappa shape index (κ3) is 10.9. The van der Waals surface area contributed by atoms with Crippen molar-refractivity contribution >= 4 is 11.4 Å². The van der Waals surface area contributed by atoms with Crippen LogP contribution in [0, 0.1) is 0 Å². The first-order chi connectivity index (χ1) is 2.77. The summed E-state index contributed by atoms with van der Waals surface area (Å²) < 4.78 is 22.0. The molecule has 0 radical (unpaired) electrons. The van der Waals surface area contributed by atoms with E-state index in [0.717, 1.165) is 0 Å². The van der Waals surface area contributed by atoms with Crippen molar-refractivity contribution < 1.29 is 42.6 Å². The zero-order chi connectivity index (χ0) is 4.99. The van der Waals surface area contributed by atoms with Gasteiger partial charge in [0.2, 0.25) is 0 Å². The second-order valence-electron chi connectivity index (χ2n) is 0.405. The first-order valence-corrected chi connectivity index (χ1v) is 1.99. The summed E-state index contributed by atoms with van der Waals surface area (Å²) in [4.78, 5) is 0. The summed E-state index contributed by atoms with van der Waals surface area (Å²) in [6.45, 7) is 0. The average Bonchev–Trinajstić information content (AvgIpc) is 1.35. The molecule has 0 saturated carbocycles. The molecule has 0 bridgehead atoms. The largest absolute Gasteiger partial charge is 1.00 e. The van der Waals surface area contributed by atoms with Gasteiger partial charge in [0.05, 0.1) is 0 Å². The van der Waals surface area contributed by atoms with Crippen molar-refractivity contribution in [3.8, 4) is 0 Å². The van der Waals surface area contributed by atoms with Crippen LogP contribution in [0.2, 0.25) is 0 Å². The number of hydrogen-bond acceptors (Lipinski definition) is 5. The smallest absolute Gasteiger partial charge is 0.748 e. The molecule has 0 amide bonds. The Kier molecular flexibility index (Phi) is 10.9. The van der Waals surface area contributed by atoms with Crippen LogP contribution in [0.5, 0.6) is 0 Å². The Hall–Kier alpha value is 0.990. The molecule has 0 aliphatic rings. The standard InChI is InChI=1S/H4N2O3S.Na/c1-2-5-6(3)4;/h2H,1H2,(H,3,4);/q;+1/p-1. The van der Waals surface area contributed by atoms with Crippen LogP contribution in [0.4, 0.5) is 0 Å². The molecule has 0 aliphatic carbocycles. The summed E-state index contributed by atoms with van der Waals surface area (Å²) in [6, 6.07) is 0. The molecule has 0 aromatic heterocycles. The van der Waals surface area contributed by atoms with Gasteiger partial charge in [0.25, 0.3) is 0 Å². The summed E-state index contributed by atoms with van der Waals surface area (Å²) in [5.41, 5.74) is 1.45. The molecule has 0 aliphatic heterocycles. The van der Waals surface area contributed by atoms with Gasteiger partial charge in [-0.3, -0.25) is 0 Å². The Morgan fingerprint density at radius 3 is 2.29 bits per heavy atom. The molecule has 0 aromatic rings. The molecule has 0 spiro atoms. The summed E-state index contributed by atoms with van der Waals surface area (Å²) in [5.74, 6) is 4.36. The second kappa shape index (κ2) is 6.99. The number of rotatable bonds is 2. The second-order valence-corrected chi connectivity index (χ2v) is 0.980. The Bertz CT molecular complexity index is 56.9. The number of nitrogens with two attached hydrogens (primary N) is 1. The van der Waals surface area contributed by atoms with Gasteiger partial charge in [-0.2, -0.15) is 4.28 Å². The van der Waals surface area contributed by atoms with Crippen molar-refractivity contribution in [3.05, 3.63) is 0 Å². The van der Waals surface area contributed by atoms with E-state index >= 15 is 0 Å². The Labute approximate surface area is 65.3 Å². The Morgan fingerprint density at radius 1 is 1.86 bits per heavy atom. The van der Waals surface area contributed by atoms with Crippen LogP contribution >= 0.6 is 0 Å². The molecule has 0 rings (SSSR count). The van der Waals surface area contributed by atoms with Crippen LogP contribution in [0.3, 0.4) is 0 Å². The average molecular weight is 134 g/mol. The minimum absolute atomic E-state index is 0. The minimum Gasteiger partial charge on any atom is -0.748 e. The van der Waals surface area contributed by atoms with E-state index in [1.54, 1.807) is 0 Å². The SMILES string of the molecule is NNOS(=O)[O-].[Na+]. The summed E-state index contributed by atoms with van der Waals surface area (Å²) in [7, 11) is 0. The third-order valence-corrected chi connectivity index (χ3v) is 0.348. The molecule has 38 valence electrons. The van der Waals surface area contributed by atoms with E-state index < -0.39 is 11.4 Å². The van der Waals surface area contributed by atoms with Crippen LogP contribution in [0.15, 0.2) is 0 Å². The molecule has 5 nitrogen and oxygen atoms in total. The molecular formula is H3N2NaO3S. The monoisotopic (exact) mass is 134 g/mol. The van der Waals surface area contributed by atoms with Gasteiger partial charge in [0.1, 0.15) is 11.4 Å². The molecule has 7 heteroatoms. The maximum absolute atomic E-state index is 9.23. The summed E-state index contributed by atoms with van der Waals surface area (Å²) in [6.07, 6.45) is 0. The Morgan fingerprint density at radius 2 is 2.29 bits per heavy atom. The Balaban J connectivity index is 0. The zero-order valence-corrected chi connectivity index (χ0v) is 6.53. The summed E-state index contributed by atoms with van der Waals surface area (Å²) >= 11 is -2.55. The van der Waals surface area contributed by atoms with Crippen LogP contribution < -0.4 is 41.0 Å². The van der Waals surface area contributed by atoms with Crippen LogP contribution in [0.25, 0.3) is 0 Å². The van der Waals surface area contributed by atoms with Crippen molar-refractivity contribution in [2.24, 2.45) is 5.84 Å². The quantitative estimate of drug-likeness (QED) is 0.171. The summed E-state index contributed by atoms with van der Waals surface area (Å²) in [5, 5.41) is 0.